The first-order valence-corrected chi connectivity index (χ1v) is 11.1. The molecule has 1 aliphatic heterocycles. The van der Waals surface area contributed by atoms with Gasteiger partial charge in [0.1, 0.15) is 5.75 Å². The van der Waals surface area contributed by atoms with Crippen LogP contribution in [0.4, 0.5) is 5.69 Å². The van der Waals surface area contributed by atoms with Crippen molar-refractivity contribution in [1.29, 1.82) is 0 Å². The van der Waals surface area contributed by atoms with Crippen molar-refractivity contribution in [3.8, 4) is 5.75 Å². The Morgan fingerprint density at radius 2 is 1.24 bits per heavy atom. The number of hydrogen-bond acceptors (Lipinski definition) is 2. The molecule has 156 valence electrons. The highest BCUT2D eigenvalue weighted by atomic mass is 16.3. The van der Waals surface area contributed by atoms with Gasteiger partial charge in [-0.25, -0.2) is 4.99 Å². The van der Waals surface area contributed by atoms with Crippen LogP contribution in [0.15, 0.2) is 120 Å². The lowest BCUT2D eigenvalue weighted by Gasteiger charge is -2.08. The Morgan fingerprint density at radius 3 is 1.97 bits per heavy atom. The molecule has 0 radical (unpaired) electrons. The summed E-state index contributed by atoms with van der Waals surface area (Å²) >= 11 is 0. The Bertz CT molecular complexity index is 1710. The molecular weight excluding hydrogens is 402 g/mol. The molecule has 1 N–H and O–H groups in total. The van der Waals surface area contributed by atoms with Crippen LogP contribution in [0.1, 0.15) is 11.1 Å². The zero-order valence-corrected chi connectivity index (χ0v) is 17.9. The van der Waals surface area contributed by atoms with Crippen LogP contribution < -0.4 is 10.6 Å². The third-order valence-electron chi connectivity index (χ3n) is 6.20. The number of phenolic OH excluding ortho intramolecular Hbond substituents is 1. The molecule has 5 aromatic rings. The van der Waals surface area contributed by atoms with Gasteiger partial charge in [-0.1, -0.05) is 109 Å². The minimum Gasteiger partial charge on any atom is -0.507 e. The van der Waals surface area contributed by atoms with E-state index in [2.05, 4.69) is 48.5 Å². The Kier molecular flexibility index (Phi) is 4.63. The van der Waals surface area contributed by atoms with E-state index < -0.39 is 0 Å². The Balaban J connectivity index is 1.54. The van der Waals surface area contributed by atoms with Gasteiger partial charge in [0.05, 0.1) is 11.0 Å². The highest BCUT2D eigenvalue weighted by Gasteiger charge is 2.11. The zero-order chi connectivity index (χ0) is 22.2. The third kappa shape index (κ3) is 3.33. The van der Waals surface area contributed by atoms with Crippen LogP contribution in [0, 0.1) is 10.4 Å². The second kappa shape index (κ2) is 7.92. The van der Waals surface area contributed by atoms with E-state index in [1.165, 1.54) is 0 Å². The van der Waals surface area contributed by atoms with Crippen molar-refractivity contribution in [3.63, 3.8) is 0 Å². The lowest BCUT2D eigenvalue weighted by Crippen LogP contribution is -2.00. The number of phenols is 1. The topological polar surface area (TPSA) is 32.6 Å². The molecule has 1 aliphatic rings. The van der Waals surface area contributed by atoms with E-state index in [0.717, 1.165) is 54.2 Å². The van der Waals surface area contributed by atoms with E-state index >= 15 is 0 Å². The number of allylic oxidation sites excluding steroid dienone is 1. The van der Waals surface area contributed by atoms with Crippen molar-refractivity contribution >= 4 is 28.1 Å². The van der Waals surface area contributed by atoms with Gasteiger partial charge in [0.25, 0.3) is 0 Å². The molecule has 2 heteroatoms. The molecule has 0 aromatic heterocycles. The summed E-state index contributed by atoms with van der Waals surface area (Å²) < 4.78 is 0. The molecule has 33 heavy (non-hydrogen) atoms. The molecule has 0 saturated carbocycles. The van der Waals surface area contributed by atoms with E-state index in [1.807, 2.05) is 72.8 Å². The van der Waals surface area contributed by atoms with Crippen LogP contribution in [0.3, 0.4) is 0 Å². The SMILES string of the molecule is Oc1/c(=C\C=C(c2ccccc2)c2ccccc2)ccc2c3c(ccc12)=c1ccccc1=N3. The number of aromatic hydroxyl groups is 1. The van der Waals surface area contributed by atoms with Crippen molar-refractivity contribution in [1.82, 2.24) is 0 Å². The first-order chi connectivity index (χ1) is 16.3. The molecule has 5 aromatic carbocycles. The zero-order valence-electron chi connectivity index (χ0n) is 17.9. The fourth-order valence-corrected chi connectivity index (χ4v) is 4.55. The highest BCUT2D eigenvalue weighted by molar-refractivity contribution is 5.97. The summed E-state index contributed by atoms with van der Waals surface area (Å²) in [6.07, 6.45) is 4.07. The minimum absolute atomic E-state index is 0.276. The van der Waals surface area contributed by atoms with Gasteiger partial charge in [-0.15, -0.1) is 0 Å². The molecule has 0 unspecified atom stereocenters. The molecule has 0 atom stereocenters. The molecule has 6 rings (SSSR count). The van der Waals surface area contributed by atoms with Gasteiger partial charge < -0.3 is 5.11 Å². The minimum atomic E-state index is 0.276. The van der Waals surface area contributed by atoms with Crippen molar-refractivity contribution < 1.29 is 5.11 Å². The van der Waals surface area contributed by atoms with Crippen LogP contribution in [-0.4, -0.2) is 5.11 Å². The molecule has 0 fully saturated rings. The second-order valence-electron chi connectivity index (χ2n) is 8.17. The average Bonchev–Trinajstić information content (AvgIpc) is 3.26. The largest absolute Gasteiger partial charge is 0.507 e. The summed E-state index contributed by atoms with van der Waals surface area (Å²) in [4.78, 5) is 4.83. The molecule has 0 bridgehead atoms. The average molecular weight is 424 g/mol. The quantitative estimate of drug-likeness (QED) is 0.371. The first kappa shape index (κ1) is 19.3. The predicted molar refractivity (Wildman–Crippen MR) is 135 cm³/mol. The maximum atomic E-state index is 11.1. The fraction of sp³-hybridized carbons (Fsp3) is 0. The monoisotopic (exact) mass is 423 g/mol. The molecular formula is C31H21NO. The number of fused-ring (bicyclic) bond motifs is 4. The summed E-state index contributed by atoms with van der Waals surface area (Å²) in [5.74, 6) is 0.276. The van der Waals surface area contributed by atoms with Crippen molar-refractivity contribution in [2.75, 3.05) is 0 Å². The molecule has 1 heterocycles. The Hall–Kier alpha value is -4.43. The Morgan fingerprint density at radius 1 is 0.606 bits per heavy atom. The smallest absolute Gasteiger partial charge is 0.130 e. The van der Waals surface area contributed by atoms with Crippen LogP contribution in [0.25, 0.3) is 22.4 Å². The molecule has 2 nitrogen and oxygen atoms in total. The Labute approximate surface area is 191 Å². The van der Waals surface area contributed by atoms with E-state index in [-0.39, 0.29) is 5.75 Å². The number of benzene rings is 5. The lowest BCUT2D eigenvalue weighted by atomic mass is 9.97. The fourth-order valence-electron chi connectivity index (χ4n) is 4.55. The number of rotatable bonds is 3. The maximum absolute atomic E-state index is 11.1. The van der Waals surface area contributed by atoms with Crippen molar-refractivity contribution in [2.45, 2.75) is 0 Å². The van der Waals surface area contributed by atoms with Gasteiger partial charge in [-0.2, -0.15) is 0 Å². The summed E-state index contributed by atoms with van der Waals surface area (Å²) in [5.41, 5.74) is 4.31. The van der Waals surface area contributed by atoms with Gasteiger partial charge >= 0.3 is 0 Å². The molecule has 0 amide bonds. The van der Waals surface area contributed by atoms with Gasteiger partial charge in [0, 0.05) is 26.4 Å². The second-order valence-corrected chi connectivity index (χ2v) is 8.17. The van der Waals surface area contributed by atoms with Crippen LogP contribution in [0.5, 0.6) is 5.75 Å². The molecule has 0 spiro atoms. The maximum Gasteiger partial charge on any atom is 0.130 e. The van der Waals surface area contributed by atoms with Gasteiger partial charge in [0.2, 0.25) is 0 Å². The van der Waals surface area contributed by atoms with Crippen LogP contribution in [0.2, 0.25) is 0 Å². The van der Waals surface area contributed by atoms with Gasteiger partial charge in [-0.3, -0.25) is 0 Å². The first-order valence-electron chi connectivity index (χ1n) is 11.1. The summed E-state index contributed by atoms with van der Waals surface area (Å²) in [6, 6.07) is 36.9. The van der Waals surface area contributed by atoms with Crippen molar-refractivity contribution in [3.05, 3.63) is 147 Å². The van der Waals surface area contributed by atoms with Crippen LogP contribution in [-0.2, 0) is 0 Å². The third-order valence-corrected chi connectivity index (χ3v) is 6.20. The molecule has 0 saturated heterocycles. The van der Waals surface area contributed by atoms with Gasteiger partial charge in [0.15, 0.2) is 0 Å². The van der Waals surface area contributed by atoms with Crippen molar-refractivity contribution in [2.24, 2.45) is 4.99 Å². The number of para-hydroxylation sites is 1. The van der Waals surface area contributed by atoms with Gasteiger partial charge in [-0.05, 0) is 28.8 Å². The standard InChI is InChI=1S/C31H21NO/c33-31-23(15-17-24(21-9-3-1-4-10-21)22-11-5-2-6-12-22)16-18-27-28(31)20-19-26-25-13-7-8-14-29(25)32-30(26)27/h1-20,33H/b23-15-. The number of hydrogen-bond donors (Lipinski definition) is 1. The summed E-state index contributed by atoms with van der Waals surface area (Å²) in [6.45, 7) is 0. The number of nitrogens with zero attached hydrogens (tertiary/aromatic N) is 1. The summed E-state index contributed by atoms with van der Waals surface area (Å²) in [5, 5.41) is 16.9. The highest BCUT2D eigenvalue weighted by Crippen LogP contribution is 2.32. The lowest BCUT2D eigenvalue weighted by molar-refractivity contribution is 0.477. The van der Waals surface area contributed by atoms with E-state index in [9.17, 15) is 5.11 Å². The summed E-state index contributed by atoms with van der Waals surface area (Å²) in [7, 11) is 0. The predicted octanol–water partition coefficient (Wildman–Crippen LogP) is 6.01. The van der Waals surface area contributed by atoms with Crippen LogP contribution >= 0.6 is 0 Å². The van der Waals surface area contributed by atoms with E-state index in [0.29, 0.717) is 0 Å². The van der Waals surface area contributed by atoms with E-state index in [1.54, 1.807) is 0 Å². The normalized spacial score (nSPS) is 12.2. The molecule has 0 aliphatic carbocycles. The van der Waals surface area contributed by atoms with E-state index in [4.69, 9.17) is 4.99 Å².